The van der Waals surface area contributed by atoms with E-state index in [9.17, 15) is 9.59 Å². The summed E-state index contributed by atoms with van der Waals surface area (Å²) < 4.78 is 9.72. The summed E-state index contributed by atoms with van der Waals surface area (Å²) in [6.45, 7) is 7.31. The van der Waals surface area contributed by atoms with Gasteiger partial charge in [0.15, 0.2) is 5.76 Å². The number of carbonyl (C=O) groups excluding carboxylic acids is 2. The molecule has 0 spiro atoms. The number of ether oxygens (including phenoxy) is 1. The standard InChI is InChI=1S/C13H20N2O4/c1-7(2)12-11(9(4)15-19-12)13(17)14-8(3)6-10(16)18-5/h7-8H,6H2,1-5H3,(H,14,17). The summed E-state index contributed by atoms with van der Waals surface area (Å²) in [5.74, 6) is -0.0177. The fourth-order valence-electron chi connectivity index (χ4n) is 1.74. The Kier molecular flexibility index (Phi) is 5.09. The molecule has 1 unspecified atom stereocenters. The molecule has 1 aromatic rings. The zero-order valence-electron chi connectivity index (χ0n) is 11.9. The molecule has 0 aromatic carbocycles. The molecule has 106 valence electrons. The van der Waals surface area contributed by atoms with E-state index in [1.165, 1.54) is 7.11 Å². The van der Waals surface area contributed by atoms with Crippen LogP contribution in [0.3, 0.4) is 0 Å². The van der Waals surface area contributed by atoms with Crippen molar-refractivity contribution in [3.63, 3.8) is 0 Å². The normalized spacial score (nSPS) is 12.3. The lowest BCUT2D eigenvalue weighted by Crippen LogP contribution is -2.35. The third-order valence-electron chi connectivity index (χ3n) is 2.72. The second-order valence-electron chi connectivity index (χ2n) is 4.82. The topological polar surface area (TPSA) is 81.4 Å². The van der Waals surface area contributed by atoms with Gasteiger partial charge in [-0.05, 0) is 13.8 Å². The summed E-state index contributed by atoms with van der Waals surface area (Å²) in [4.78, 5) is 23.3. The SMILES string of the molecule is COC(=O)CC(C)NC(=O)c1c(C)noc1C(C)C. The van der Waals surface area contributed by atoms with Crippen molar-refractivity contribution in [2.75, 3.05) is 7.11 Å². The van der Waals surface area contributed by atoms with E-state index >= 15 is 0 Å². The van der Waals surface area contributed by atoms with Crippen molar-refractivity contribution in [3.05, 3.63) is 17.0 Å². The van der Waals surface area contributed by atoms with Crippen molar-refractivity contribution < 1.29 is 18.8 Å². The molecule has 1 rings (SSSR count). The zero-order valence-corrected chi connectivity index (χ0v) is 11.9. The van der Waals surface area contributed by atoms with E-state index in [2.05, 4.69) is 15.2 Å². The maximum absolute atomic E-state index is 12.2. The lowest BCUT2D eigenvalue weighted by Gasteiger charge is -2.13. The second-order valence-corrected chi connectivity index (χ2v) is 4.82. The fourth-order valence-corrected chi connectivity index (χ4v) is 1.74. The monoisotopic (exact) mass is 268 g/mol. The van der Waals surface area contributed by atoms with Crippen molar-refractivity contribution in [1.82, 2.24) is 10.5 Å². The van der Waals surface area contributed by atoms with Gasteiger partial charge in [0, 0.05) is 12.0 Å². The van der Waals surface area contributed by atoms with Crippen LogP contribution in [0.15, 0.2) is 4.52 Å². The Labute approximate surface area is 112 Å². The maximum atomic E-state index is 12.2. The molecule has 0 saturated carbocycles. The molecule has 6 nitrogen and oxygen atoms in total. The molecule has 0 fully saturated rings. The van der Waals surface area contributed by atoms with Crippen molar-refractivity contribution in [2.45, 2.75) is 46.1 Å². The van der Waals surface area contributed by atoms with Gasteiger partial charge in [0.2, 0.25) is 0 Å². The number of rotatable bonds is 5. The number of hydrogen-bond acceptors (Lipinski definition) is 5. The van der Waals surface area contributed by atoms with Crippen molar-refractivity contribution in [3.8, 4) is 0 Å². The zero-order chi connectivity index (χ0) is 14.6. The highest BCUT2D eigenvalue weighted by atomic mass is 16.5. The second kappa shape index (κ2) is 6.36. The highest BCUT2D eigenvalue weighted by molar-refractivity contribution is 5.96. The summed E-state index contributed by atoms with van der Waals surface area (Å²) >= 11 is 0. The number of aryl methyl sites for hydroxylation is 1. The molecule has 1 heterocycles. The van der Waals surface area contributed by atoms with Crippen LogP contribution in [0.25, 0.3) is 0 Å². The van der Waals surface area contributed by atoms with Gasteiger partial charge in [0.05, 0.1) is 19.2 Å². The summed E-state index contributed by atoms with van der Waals surface area (Å²) in [5, 5.41) is 6.56. The molecule has 1 atom stereocenters. The van der Waals surface area contributed by atoms with Crippen LogP contribution in [0, 0.1) is 6.92 Å². The average molecular weight is 268 g/mol. The Morgan fingerprint density at radius 1 is 1.37 bits per heavy atom. The molecule has 0 aliphatic rings. The largest absolute Gasteiger partial charge is 0.469 e. The number of hydrogen-bond donors (Lipinski definition) is 1. The van der Waals surface area contributed by atoms with E-state index in [0.29, 0.717) is 17.0 Å². The van der Waals surface area contributed by atoms with E-state index in [4.69, 9.17) is 4.52 Å². The molecule has 19 heavy (non-hydrogen) atoms. The summed E-state index contributed by atoms with van der Waals surface area (Å²) in [5.41, 5.74) is 0.998. The molecule has 0 bridgehead atoms. The van der Waals surface area contributed by atoms with Gasteiger partial charge in [0.1, 0.15) is 5.56 Å². The van der Waals surface area contributed by atoms with Gasteiger partial charge in [-0.3, -0.25) is 9.59 Å². The molecule has 0 aliphatic heterocycles. The predicted octanol–water partition coefficient (Wildman–Crippen LogP) is 1.79. The first-order valence-corrected chi connectivity index (χ1v) is 6.20. The summed E-state index contributed by atoms with van der Waals surface area (Å²) in [7, 11) is 1.32. The quantitative estimate of drug-likeness (QED) is 0.823. The Balaban J connectivity index is 2.78. The van der Waals surface area contributed by atoms with Gasteiger partial charge >= 0.3 is 5.97 Å². The fraction of sp³-hybridized carbons (Fsp3) is 0.615. The van der Waals surface area contributed by atoms with E-state index < -0.39 is 0 Å². The van der Waals surface area contributed by atoms with Crippen LogP contribution >= 0.6 is 0 Å². The number of aromatic nitrogens is 1. The van der Waals surface area contributed by atoms with E-state index in [1.807, 2.05) is 13.8 Å². The van der Waals surface area contributed by atoms with Crippen molar-refractivity contribution >= 4 is 11.9 Å². The first-order chi connectivity index (χ1) is 8.86. The highest BCUT2D eigenvalue weighted by Crippen LogP contribution is 2.22. The molecular formula is C13H20N2O4. The molecule has 1 amide bonds. The smallest absolute Gasteiger partial charge is 0.307 e. The molecule has 1 N–H and O–H groups in total. The first kappa shape index (κ1) is 15.2. The number of esters is 1. The molecular weight excluding hydrogens is 248 g/mol. The minimum absolute atomic E-state index is 0.0675. The highest BCUT2D eigenvalue weighted by Gasteiger charge is 2.24. The van der Waals surface area contributed by atoms with Gasteiger partial charge in [0.25, 0.3) is 5.91 Å². The van der Waals surface area contributed by atoms with E-state index in [-0.39, 0.29) is 30.3 Å². The Morgan fingerprint density at radius 2 is 2.00 bits per heavy atom. The lowest BCUT2D eigenvalue weighted by atomic mass is 10.0. The third kappa shape index (κ3) is 3.81. The van der Waals surface area contributed by atoms with Gasteiger partial charge in [-0.1, -0.05) is 19.0 Å². The van der Waals surface area contributed by atoms with E-state index in [0.717, 1.165) is 0 Å². The van der Waals surface area contributed by atoms with Gasteiger partial charge in [-0.15, -0.1) is 0 Å². The van der Waals surface area contributed by atoms with E-state index in [1.54, 1.807) is 13.8 Å². The van der Waals surface area contributed by atoms with Crippen LogP contribution in [0.2, 0.25) is 0 Å². The summed E-state index contributed by atoms with van der Waals surface area (Å²) in [6, 6.07) is -0.311. The molecule has 0 radical (unpaired) electrons. The molecule has 0 saturated heterocycles. The predicted molar refractivity (Wildman–Crippen MR) is 68.9 cm³/mol. The van der Waals surface area contributed by atoms with Gasteiger partial charge in [-0.2, -0.15) is 0 Å². The maximum Gasteiger partial charge on any atom is 0.307 e. The average Bonchev–Trinajstić information content (AvgIpc) is 2.70. The minimum Gasteiger partial charge on any atom is -0.469 e. The van der Waals surface area contributed by atoms with Gasteiger partial charge < -0.3 is 14.6 Å². The number of carbonyl (C=O) groups is 2. The number of amides is 1. The minimum atomic E-state index is -0.362. The molecule has 1 aromatic heterocycles. The van der Waals surface area contributed by atoms with Crippen LogP contribution in [0.4, 0.5) is 0 Å². The number of nitrogens with one attached hydrogen (secondary N) is 1. The van der Waals surface area contributed by atoms with Crippen molar-refractivity contribution in [2.24, 2.45) is 0 Å². The Bertz CT molecular complexity index is 465. The molecule has 6 heteroatoms. The van der Waals surface area contributed by atoms with Crippen LogP contribution in [-0.4, -0.2) is 30.2 Å². The van der Waals surface area contributed by atoms with Crippen molar-refractivity contribution in [1.29, 1.82) is 0 Å². The van der Waals surface area contributed by atoms with Gasteiger partial charge in [-0.25, -0.2) is 0 Å². The van der Waals surface area contributed by atoms with Crippen LogP contribution < -0.4 is 5.32 Å². The van der Waals surface area contributed by atoms with Crippen LogP contribution in [0.1, 0.15) is 54.9 Å². The lowest BCUT2D eigenvalue weighted by molar-refractivity contribution is -0.141. The molecule has 0 aliphatic carbocycles. The first-order valence-electron chi connectivity index (χ1n) is 6.20. The number of methoxy groups -OCH3 is 1. The summed E-state index contributed by atoms with van der Waals surface area (Å²) in [6.07, 6.45) is 0.129. The Hall–Kier alpha value is -1.85. The van der Waals surface area contributed by atoms with Crippen LogP contribution in [-0.2, 0) is 9.53 Å². The number of nitrogens with zero attached hydrogens (tertiary/aromatic N) is 1. The third-order valence-corrected chi connectivity index (χ3v) is 2.72. The van der Waals surface area contributed by atoms with Crippen LogP contribution in [0.5, 0.6) is 0 Å². The Morgan fingerprint density at radius 3 is 2.53 bits per heavy atom.